The van der Waals surface area contributed by atoms with Crippen molar-refractivity contribution in [1.82, 2.24) is 0 Å². The van der Waals surface area contributed by atoms with E-state index in [0.29, 0.717) is 0 Å². The second kappa shape index (κ2) is 4.33. The van der Waals surface area contributed by atoms with Crippen molar-refractivity contribution in [1.29, 1.82) is 0 Å². The van der Waals surface area contributed by atoms with Gasteiger partial charge in [-0.15, -0.1) is 0 Å². The van der Waals surface area contributed by atoms with Crippen molar-refractivity contribution in [3.05, 3.63) is 0 Å². The number of rotatable bonds is 2. The summed E-state index contributed by atoms with van der Waals surface area (Å²) >= 11 is 0. The fourth-order valence-corrected chi connectivity index (χ4v) is 0.984. The highest BCUT2D eigenvalue weighted by atomic mass is 16.6. The van der Waals surface area contributed by atoms with E-state index in [1.54, 1.807) is 0 Å². The maximum atomic E-state index is 10.6. The van der Waals surface area contributed by atoms with E-state index in [9.17, 15) is 9.59 Å². The van der Waals surface area contributed by atoms with Gasteiger partial charge in [0.2, 0.25) is 0 Å². The number of ether oxygens (including phenoxy) is 1. The van der Waals surface area contributed by atoms with Crippen molar-refractivity contribution < 1.29 is 40.2 Å². The zero-order valence-corrected chi connectivity index (χ0v) is 6.82. The lowest BCUT2D eigenvalue weighted by Gasteiger charge is -2.15. The molecule has 8 heteroatoms. The summed E-state index contributed by atoms with van der Waals surface area (Å²) in [6.45, 7) is 0. The molecule has 0 saturated carbocycles. The van der Waals surface area contributed by atoms with Crippen molar-refractivity contribution >= 4 is 11.9 Å². The second-order valence-corrected chi connectivity index (χ2v) is 2.62. The second-order valence-electron chi connectivity index (χ2n) is 2.62. The summed E-state index contributed by atoms with van der Waals surface area (Å²) in [5, 5.41) is 35.0. The minimum absolute atomic E-state index is 0. The Labute approximate surface area is 77.7 Å². The van der Waals surface area contributed by atoms with Gasteiger partial charge in [-0.05, 0) is 0 Å². The molecule has 4 atom stereocenters. The molecule has 0 aliphatic carbocycles. The Bertz CT molecular complexity index is 238. The van der Waals surface area contributed by atoms with Gasteiger partial charge >= 0.3 is 11.9 Å². The van der Waals surface area contributed by atoms with E-state index >= 15 is 0 Å². The Kier molecular flexibility index (Phi) is 3.95. The minimum atomic E-state index is -2.03. The summed E-state index contributed by atoms with van der Waals surface area (Å²) < 4.78 is 4.24. The van der Waals surface area contributed by atoms with E-state index in [2.05, 4.69) is 4.74 Å². The van der Waals surface area contributed by atoms with Gasteiger partial charge in [0.1, 0.15) is 6.10 Å². The van der Waals surface area contributed by atoms with Crippen LogP contribution in [0.25, 0.3) is 0 Å². The average Bonchev–Trinajstić information content (AvgIpc) is 2.31. The Morgan fingerprint density at radius 1 is 1.43 bits per heavy atom. The van der Waals surface area contributed by atoms with Crippen LogP contribution in [0.1, 0.15) is 0 Å². The number of carboxylic acid groups (broad SMARTS) is 1. The van der Waals surface area contributed by atoms with Crippen LogP contribution in [0.2, 0.25) is 0 Å². The van der Waals surface area contributed by atoms with Gasteiger partial charge in [-0.25, -0.2) is 9.59 Å². The fourth-order valence-electron chi connectivity index (χ4n) is 0.984. The van der Waals surface area contributed by atoms with Gasteiger partial charge in [0.15, 0.2) is 18.3 Å². The van der Waals surface area contributed by atoms with E-state index in [0.717, 1.165) is 0 Å². The van der Waals surface area contributed by atoms with Crippen LogP contribution >= 0.6 is 0 Å². The molecule has 6 N–H and O–H groups in total. The quantitative estimate of drug-likeness (QED) is 0.341. The molecule has 1 saturated heterocycles. The number of hydrogen-bond acceptors (Lipinski definition) is 6. The van der Waals surface area contributed by atoms with Crippen LogP contribution in [0, 0.1) is 0 Å². The molecule has 0 bridgehead atoms. The molecule has 0 aromatic rings. The molecular weight excluding hydrogens is 200 g/mol. The predicted octanol–water partition coefficient (Wildman–Crippen LogP) is -3.75. The third kappa shape index (κ3) is 1.99. The number of aliphatic hydroxyl groups excluding tert-OH is 3. The molecule has 0 amide bonds. The molecule has 14 heavy (non-hydrogen) atoms. The number of esters is 1. The molecule has 1 rings (SSSR count). The van der Waals surface area contributed by atoms with E-state index in [-0.39, 0.29) is 5.48 Å². The minimum Gasteiger partial charge on any atom is -0.479 e. The Morgan fingerprint density at radius 2 is 1.93 bits per heavy atom. The van der Waals surface area contributed by atoms with Gasteiger partial charge < -0.3 is 30.6 Å². The monoisotopic (exact) mass is 210 g/mol. The third-order valence-electron chi connectivity index (χ3n) is 1.72. The first kappa shape index (κ1) is 12.8. The van der Waals surface area contributed by atoms with Crippen LogP contribution in [-0.4, -0.2) is 62.3 Å². The average molecular weight is 210 g/mol. The summed E-state index contributed by atoms with van der Waals surface area (Å²) in [7, 11) is 0. The summed E-state index contributed by atoms with van der Waals surface area (Å²) in [4.78, 5) is 20.8. The van der Waals surface area contributed by atoms with E-state index in [1.165, 1.54) is 0 Å². The van der Waals surface area contributed by atoms with Gasteiger partial charge in [0.25, 0.3) is 0 Å². The molecule has 1 heterocycles. The standard InChI is InChI=1S/C6H8O7.H2O/c7-1-2(8)6(12)13-4(1)3(9)5(10)11;/h1-4,7-9H,(H,10,11);1H2. The van der Waals surface area contributed by atoms with Crippen molar-refractivity contribution in [3.8, 4) is 0 Å². The number of carboxylic acids is 1. The number of aliphatic carboxylic acids is 1. The fraction of sp³-hybridized carbons (Fsp3) is 0.667. The molecule has 0 aromatic carbocycles. The van der Waals surface area contributed by atoms with Crippen molar-refractivity contribution in [2.75, 3.05) is 0 Å². The van der Waals surface area contributed by atoms with Crippen LogP contribution in [0.4, 0.5) is 0 Å². The Morgan fingerprint density at radius 3 is 2.21 bits per heavy atom. The van der Waals surface area contributed by atoms with Crippen LogP contribution in [0.5, 0.6) is 0 Å². The number of cyclic esters (lactones) is 1. The van der Waals surface area contributed by atoms with E-state index < -0.39 is 36.4 Å². The molecule has 0 radical (unpaired) electrons. The maximum Gasteiger partial charge on any atom is 0.338 e. The van der Waals surface area contributed by atoms with Gasteiger partial charge in [0.05, 0.1) is 0 Å². The molecule has 82 valence electrons. The summed E-state index contributed by atoms with van der Waals surface area (Å²) in [5.74, 6) is -2.77. The lowest BCUT2D eigenvalue weighted by molar-refractivity contribution is -0.161. The first-order valence-corrected chi connectivity index (χ1v) is 3.42. The molecule has 0 aromatic heterocycles. The highest BCUT2D eigenvalue weighted by Gasteiger charge is 2.48. The highest BCUT2D eigenvalue weighted by Crippen LogP contribution is 2.18. The lowest BCUT2D eigenvalue weighted by atomic mass is 10.1. The molecule has 8 nitrogen and oxygen atoms in total. The zero-order chi connectivity index (χ0) is 10.2. The SMILES string of the molecule is O.O=C1OC(C(O)C(=O)O)C(O)C1O. The summed E-state index contributed by atoms with van der Waals surface area (Å²) in [6, 6.07) is 0. The highest BCUT2D eigenvalue weighted by molar-refractivity contribution is 5.80. The Hall–Kier alpha value is -1.22. The molecule has 1 aliphatic rings. The van der Waals surface area contributed by atoms with Crippen LogP contribution in [-0.2, 0) is 14.3 Å². The number of carbonyl (C=O) groups is 2. The summed E-state index contributed by atoms with van der Waals surface area (Å²) in [6.07, 6.45) is -7.14. The number of aliphatic hydroxyl groups is 3. The molecule has 4 unspecified atom stereocenters. The van der Waals surface area contributed by atoms with E-state index in [1.807, 2.05) is 0 Å². The number of carbonyl (C=O) groups excluding carboxylic acids is 1. The lowest BCUT2D eigenvalue weighted by Crippen LogP contribution is -2.42. The zero-order valence-electron chi connectivity index (χ0n) is 6.82. The molecular formula is C6H10O8. The third-order valence-corrected chi connectivity index (χ3v) is 1.72. The van der Waals surface area contributed by atoms with Crippen LogP contribution in [0.15, 0.2) is 0 Å². The summed E-state index contributed by atoms with van der Waals surface area (Å²) in [5.41, 5.74) is 0. The van der Waals surface area contributed by atoms with Crippen LogP contribution in [0.3, 0.4) is 0 Å². The molecule has 0 spiro atoms. The largest absolute Gasteiger partial charge is 0.479 e. The van der Waals surface area contributed by atoms with Crippen LogP contribution < -0.4 is 0 Å². The maximum absolute atomic E-state index is 10.6. The first-order chi connectivity index (χ1) is 5.95. The van der Waals surface area contributed by atoms with Gasteiger partial charge in [0, 0.05) is 0 Å². The first-order valence-electron chi connectivity index (χ1n) is 3.42. The van der Waals surface area contributed by atoms with Crippen molar-refractivity contribution in [3.63, 3.8) is 0 Å². The van der Waals surface area contributed by atoms with Crippen molar-refractivity contribution in [2.24, 2.45) is 0 Å². The Balaban J connectivity index is 0.00000169. The topological polar surface area (TPSA) is 156 Å². The smallest absolute Gasteiger partial charge is 0.338 e. The van der Waals surface area contributed by atoms with Gasteiger partial charge in [-0.1, -0.05) is 0 Å². The normalized spacial score (nSPS) is 33.1. The van der Waals surface area contributed by atoms with E-state index in [4.69, 9.17) is 20.4 Å². The predicted molar refractivity (Wildman–Crippen MR) is 39.2 cm³/mol. The van der Waals surface area contributed by atoms with Crippen molar-refractivity contribution in [2.45, 2.75) is 24.4 Å². The molecule has 1 aliphatic heterocycles. The number of hydrogen-bond donors (Lipinski definition) is 4. The van der Waals surface area contributed by atoms with Gasteiger partial charge in [-0.3, -0.25) is 0 Å². The molecule has 1 fully saturated rings. The van der Waals surface area contributed by atoms with Gasteiger partial charge in [-0.2, -0.15) is 0 Å².